The molecular formula is C22H32O5. The van der Waals surface area contributed by atoms with E-state index in [4.69, 9.17) is 9.84 Å². The Kier molecular flexibility index (Phi) is 11.1. The van der Waals surface area contributed by atoms with Gasteiger partial charge in [0.25, 0.3) is 0 Å². The average molecular weight is 376 g/mol. The first-order chi connectivity index (χ1) is 12.9. The first-order valence-electron chi connectivity index (χ1n) is 9.88. The van der Waals surface area contributed by atoms with Gasteiger partial charge in [-0.3, -0.25) is 14.4 Å². The van der Waals surface area contributed by atoms with Crippen molar-refractivity contribution in [2.24, 2.45) is 11.8 Å². The number of ether oxygens (including phenoxy) is 1. The maximum absolute atomic E-state index is 12.2. The Morgan fingerprint density at radius 3 is 2.70 bits per heavy atom. The van der Waals surface area contributed by atoms with Crippen molar-refractivity contribution >= 4 is 17.7 Å². The Labute approximate surface area is 162 Å². The molecule has 1 aliphatic rings. The van der Waals surface area contributed by atoms with E-state index in [1.165, 1.54) is 6.92 Å². The normalized spacial score (nSPS) is 20.6. The van der Waals surface area contributed by atoms with Crippen LogP contribution in [0.25, 0.3) is 0 Å². The van der Waals surface area contributed by atoms with E-state index in [-0.39, 0.29) is 36.1 Å². The SMILES string of the molecule is CCCCC[C@@H](/C=C/C1C(=O)C=C[C@H]1C/C=C\CCCC(=O)O)OC(C)=O. The summed E-state index contributed by atoms with van der Waals surface area (Å²) >= 11 is 0. The van der Waals surface area contributed by atoms with Gasteiger partial charge in [-0.2, -0.15) is 0 Å². The molecule has 1 unspecified atom stereocenters. The van der Waals surface area contributed by atoms with Crippen LogP contribution < -0.4 is 0 Å². The van der Waals surface area contributed by atoms with E-state index in [0.29, 0.717) is 6.42 Å². The molecule has 0 aliphatic heterocycles. The molecular weight excluding hydrogens is 344 g/mol. The maximum atomic E-state index is 12.2. The zero-order valence-electron chi connectivity index (χ0n) is 16.4. The highest BCUT2D eigenvalue weighted by atomic mass is 16.5. The van der Waals surface area contributed by atoms with Gasteiger partial charge in [-0.1, -0.05) is 44.1 Å². The maximum Gasteiger partial charge on any atom is 0.303 e. The molecule has 0 fully saturated rings. The Morgan fingerprint density at radius 1 is 1.26 bits per heavy atom. The van der Waals surface area contributed by atoms with Crippen LogP contribution in [0.1, 0.15) is 65.2 Å². The molecule has 0 radical (unpaired) electrons. The van der Waals surface area contributed by atoms with Gasteiger partial charge in [-0.25, -0.2) is 0 Å². The molecule has 3 atom stereocenters. The molecule has 150 valence electrons. The fraction of sp³-hybridized carbons (Fsp3) is 0.591. The van der Waals surface area contributed by atoms with Crippen LogP contribution in [-0.4, -0.2) is 28.9 Å². The van der Waals surface area contributed by atoms with Gasteiger partial charge in [0.1, 0.15) is 6.10 Å². The lowest BCUT2D eigenvalue weighted by molar-refractivity contribution is -0.144. The number of carboxylic acid groups (broad SMARTS) is 1. The van der Waals surface area contributed by atoms with Crippen LogP contribution >= 0.6 is 0 Å². The Bertz CT molecular complexity index is 573. The molecule has 0 bridgehead atoms. The zero-order chi connectivity index (χ0) is 20.1. The molecule has 0 saturated carbocycles. The number of allylic oxidation sites excluding steroid dienone is 5. The van der Waals surface area contributed by atoms with Crippen molar-refractivity contribution in [2.45, 2.75) is 71.3 Å². The van der Waals surface area contributed by atoms with Gasteiger partial charge in [-0.15, -0.1) is 0 Å². The van der Waals surface area contributed by atoms with E-state index in [2.05, 4.69) is 6.92 Å². The first-order valence-corrected chi connectivity index (χ1v) is 9.88. The Hall–Kier alpha value is -2.17. The number of esters is 1. The van der Waals surface area contributed by atoms with Crippen molar-refractivity contribution in [3.8, 4) is 0 Å². The van der Waals surface area contributed by atoms with Crippen molar-refractivity contribution in [3.63, 3.8) is 0 Å². The monoisotopic (exact) mass is 376 g/mol. The minimum absolute atomic E-state index is 0.0747. The van der Waals surface area contributed by atoms with Gasteiger partial charge >= 0.3 is 11.9 Å². The molecule has 1 aliphatic carbocycles. The second-order valence-corrected chi connectivity index (χ2v) is 6.97. The molecule has 0 spiro atoms. The number of hydrogen-bond donors (Lipinski definition) is 1. The largest absolute Gasteiger partial charge is 0.481 e. The molecule has 0 heterocycles. The predicted octanol–water partition coefficient (Wildman–Crippen LogP) is 4.63. The van der Waals surface area contributed by atoms with Crippen LogP contribution in [0.15, 0.2) is 36.5 Å². The molecule has 0 aromatic carbocycles. The van der Waals surface area contributed by atoms with Crippen LogP contribution in [0.4, 0.5) is 0 Å². The van der Waals surface area contributed by atoms with Crippen LogP contribution in [0.5, 0.6) is 0 Å². The van der Waals surface area contributed by atoms with E-state index in [1.807, 2.05) is 30.4 Å². The Balaban J connectivity index is 2.56. The lowest BCUT2D eigenvalue weighted by Gasteiger charge is -2.16. The van der Waals surface area contributed by atoms with Crippen molar-refractivity contribution in [1.82, 2.24) is 0 Å². The predicted molar refractivity (Wildman–Crippen MR) is 105 cm³/mol. The van der Waals surface area contributed by atoms with Gasteiger partial charge in [0.15, 0.2) is 5.78 Å². The minimum atomic E-state index is -0.779. The number of carbonyl (C=O) groups is 3. The number of carbonyl (C=O) groups excluding carboxylic acids is 2. The average Bonchev–Trinajstić information content (AvgIpc) is 2.95. The number of hydrogen-bond acceptors (Lipinski definition) is 4. The third kappa shape index (κ3) is 9.92. The summed E-state index contributed by atoms with van der Waals surface area (Å²) in [5, 5.41) is 8.62. The summed E-state index contributed by atoms with van der Waals surface area (Å²) in [4.78, 5) is 33.9. The highest BCUT2D eigenvalue weighted by molar-refractivity contribution is 5.95. The topological polar surface area (TPSA) is 80.7 Å². The number of rotatable bonds is 13. The third-order valence-electron chi connectivity index (χ3n) is 4.58. The molecule has 1 rings (SSSR count). The standard InChI is InChI=1S/C22H32O5/c1-3-4-7-11-19(27-17(2)23)14-15-20-18(13-16-21(20)24)10-8-5-6-9-12-22(25)26/h5,8,13-16,18-20H,3-4,6-7,9-12H2,1-2H3,(H,25,26)/b8-5-,15-14+/t18-,19+,20?/m1/s1. The molecule has 5 heteroatoms. The highest BCUT2D eigenvalue weighted by Gasteiger charge is 2.27. The van der Waals surface area contributed by atoms with E-state index in [0.717, 1.165) is 38.5 Å². The third-order valence-corrected chi connectivity index (χ3v) is 4.58. The fourth-order valence-electron chi connectivity index (χ4n) is 3.11. The molecule has 1 N–H and O–H groups in total. The van der Waals surface area contributed by atoms with E-state index < -0.39 is 5.97 Å². The van der Waals surface area contributed by atoms with Gasteiger partial charge in [0.05, 0.1) is 0 Å². The molecule has 0 aromatic rings. The quantitative estimate of drug-likeness (QED) is 0.288. The number of aliphatic carboxylic acids is 1. The van der Waals surface area contributed by atoms with Crippen LogP contribution in [0.3, 0.4) is 0 Å². The van der Waals surface area contributed by atoms with Crippen LogP contribution in [0, 0.1) is 11.8 Å². The number of carboxylic acids is 1. The van der Waals surface area contributed by atoms with Crippen molar-refractivity contribution in [1.29, 1.82) is 0 Å². The second-order valence-electron chi connectivity index (χ2n) is 6.97. The summed E-state index contributed by atoms with van der Waals surface area (Å²) in [5.41, 5.74) is 0. The number of unbranched alkanes of at least 4 members (excludes halogenated alkanes) is 3. The summed E-state index contributed by atoms with van der Waals surface area (Å²) in [6.07, 6.45) is 17.2. The van der Waals surface area contributed by atoms with Gasteiger partial charge < -0.3 is 9.84 Å². The van der Waals surface area contributed by atoms with Crippen LogP contribution in [0.2, 0.25) is 0 Å². The molecule has 5 nitrogen and oxygen atoms in total. The fourth-order valence-corrected chi connectivity index (χ4v) is 3.11. The first kappa shape index (κ1) is 22.9. The van der Waals surface area contributed by atoms with E-state index in [9.17, 15) is 14.4 Å². The summed E-state index contributed by atoms with van der Waals surface area (Å²) in [7, 11) is 0. The smallest absolute Gasteiger partial charge is 0.303 e. The van der Waals surface area contributed by atoms with Gasteiger partial charge in [0, 0.05) is 19.3 Å². The highest BCUT2D eigenvalue weighted by Crippen LogP contribution is 2.27. The van der Waals surface area contributed by atoms with Crippen molar-refractivity contribution < 1.29 is 24.2 Å². The number of ketones is 1. The van der Waals surface area contributed by atoms with Gasteiger partial charge in [0.2, 0.25) is 0 Å². The molecule has 0 aromatic heterocycles. The van der Waals surface area contributed by atoms with E-state index >= 15 is 0 Å². The van der Waals surface area contributed by atoms with Gasteiger partial charge in [-0.05, 0) is 50.2 Å². The Morgan fingerprint density at radius 2 is 2.04 bits per heavy atom. The summed E-state index contributed by atoms with van der Waals surface area (Å²) in [6.45, 7) is 3.53. The minimum Gasteiger partial charge on any atom is -0.481 e. The molecule has 0 amide bonds. The van der Waals surface area contributed by atoms with Crippen molar-refractivity contribution in [2.75, 3.05) is 0 Å². The lowest BCUT2D eigenvalue weighted by atomic mass is 9.90. The molecule has 0 saturated heterocycles. The summed E-state index contributed by atoms with van der Waals surface area (Å²) in [6, 6.07) is 0. The molecule has 27 heavy (non-hydrogen) atoms. The zero-order valence-corrected chi connectivity index (χ0v) is 16.4. The van der Waals surface area contributed by atoms with Crippen LogP contribution in [-0.2, 0) is 19.1 Å². The summed E-state index contributed by atoms with van der Waals surface area (Å²) in [5.74, 6) is -1.14. The summed E-state index contributed by atoms with van der Waals surface area (Å²) < 4.78 is 5.35. The van der Waals surface area contributed by atoms with Crippen molar-refractivity contribution in [3.05, 3.63) is 36.5 Å². The second kappa shape index (κ2) is 13.1. The lowest BCUT2D eigenvalue weighted by Crippen LogP contribution is -2.17. The van der Waals surface area contributed by atoms with E-state index in [1.54, 1.807) is 6.08 Å².